The van der Waals surface area contributed by atoms with Crippen LogP contribution in [0.15, 0.2) is 0 Å². The molecular weight excluding hydrogens is 246 g/mol. The van der Waals surface area contributed by atoms with Crippen molar-refractivity contribution < 1.29 is 14.7 Å². The molecule has 1 saturated heterocycles. The van der Waals surface area contributed by atoms with Gasteiger partial charge in [-0.05, 0) is 18.8 Å². The maximum atomic E-state index is 11.9. The number of rotatable bonds is 6. The Balaban J connectivity index is 2.42. The summed E-state index contributed by atoms with van der Waals surface area (Å²) in [4.78, 5) is 25.0. The zero-order valence-corrected chi connectivity index (χ0v) is 11.8. The smallest absolute Gasteiger partial charge is 0.326 e. The number of likely N-dealkylation sites (tertiary alicyclic amines) is 1. The molecule has 0 spiro atoms. The minimum absolute atomic E-state index is 0.0729. The molecule has 6 heteroatoms. The van der Waals surface area contributed by atoms with Crippen molar-refractivity contribution in [3.8, 4) is 0 Å². The molecule has 2 atom stereocenters. The molecule has 1 aliphatic rings. The van der Waals surface area contributed by atoms with Gasteiger partial charge in [-0.25, -0.2) is 4.79 Å². The number of aliphatic carboxylic acids is 1. The zero-order chi connectivity index (χ0) is 14.4. The number of carboxylic acids is 1. The molecule has 110 valence electrons. The maximum Gasteiger partial charge on any atom is 0.326 e. The highest BCUT2D eigenvalue weighted by Crippen LogP contribution is 2.09. The Morgan fingerprint density at radius 2 is 2.00 bits per heavy atom. The van der Waals surface area contributed by atoms with Crippen molar-refractivity contribution in [2.24, 2.45) is 11.7 Å². The van der Waals surface area contributed by atoms with Crippen molar-refractivity contribution in [2.45, 2.75) is 45.2 Å². The number of nitrogens with zero attached hydrogens (tertiary/aromatic N) is 1. The molecule has 1 aliphatic heterocycles. The summed E-state index contributed by atoms with van der Waals surface area (Å²) in [5.41, 5.74) is 5.80. The molecule has 19 heavy (non-hydrogen) atoms. The van der Waals surface area contributed by atoms with Crippen LogP contribution in [0.3, 0.4) is 0 Å². The highest BCUT2D eigenvalue weighted by Gasteiger charge is 2.26. The summed E-state index contributed by atoms with van der Waals surface area (Å²) in [5.74, 6) is -1.26. The van der Waals surface area contributed by atoms with Gasteiger partial charge in [0.05, 0.1) is 6.54 Å². The number of hydrogen-bond donors (Lipinski definition) is 3. The molecule has 0 radical (unpaired) electrons. The van der Waals surface area contributed by atoms with Gasteiger partial charge in [0.25, 0.3) is 0 Å². The van der Waals surface area contributed by atoms with E-state index in [-0.39, 0.29) is 24.4 Å². The molecule has 0 aliphatic carbocycles. The van der Waals surface area contributed by atoms with Crippen molar-refractivity contribution in [2.75, 3.05) is 19.6 Å². The average molecular weight is 271 g/mol. The fraction of sp³-hybridized carbons (Fsp3) is 0.846. The van der Waals surface area contributed by atoms with E-state index in [1.807, 2.05) is 18.7 Å². The Morgan fingerprint density at radius 1 is 1.42 bits per heavy atom. The molecule has 0 aromatic rings. The summed E-state index contributed by atoms with van der Waals surface area (Å²) in [6, 6.07) is -0.573. The summed E-state index contributed by atoms with van der Waals surface area (Å²) >= 11 is 0. The summed E-state index contributed by atoms with van der Waals surface area (Å²) in [6.45, 7) is 5.61. The summed E-state index contributed by atoms with van der Waals surface area (Å²) in [7, 11) is 0. The molecule has 0 aromatic heterocycles. The Bertz CT molecular complexity index is 314. The largest absolute Gasteiger partial charge is 0.480 e. The minimum atomic E-state index is -0.969. The fourth-order valence-electron chi connectivity index (χ4n) is 2.22. The predicted octanol–water partition coefficient (Wildman–Crippen LogP) is 0.0250. The van der Waals surface area contributed by atoms with Crippen LogP contribution in [0.2, 0.25) is 0 Å². The Kier molecular flexibility index (Phi) is 6.24. The molecule has 1 heterocycles. The second kappa shape index (κ2) is 7.45. The van der Waals surface area contributed by atoms with E-state index in [2.05, 4.69) is 5.32 Å². The van der Waals surface area contributed by atoms with Gasteiger partial charge in [0.2, 0.25) is 5.91 Å². The second-order valence-corrected chi connectivity index (χ2v) is 5.38. The van der Waals surface area contributed by atoms with Crippen molar-refractivity contribution in [1.82, 2.24) is 10.2 Å². The highest BCUT2D eigenvalue weighted by molar-refractivity contribution is 5.84. The predicted molar refractivity (Wildman–Crippen MR) is 72.7 cm³/mol. The van der Waals surface area contributed by atoms with Crippen LogP contribution in [-0.4, -0.2) is 53.6 Å². The molecular formula is C13H25N3O3. The number of nitrogens with two attached hydrogens (primary N) is 1. The third kappa shape index (κ3) is 5.16. The van der Waals surface area contributed by atoms with Gasteiger partial charge in [0.15, 0.2) is 0 Å². The molecule has 1 amide bonds. The van der Waals surface area contributed by atoms with Crippen LogP contribution in [0.4, 0.5) is 0 Å². The van der Waals surface area contributed by atoms with Crippen LogP contribution >= 0.6 is 0 Å². The first kappa shape index (κ1) is 15.9. The van der Waals surface area contributed by atoms with Crippen molar-refractivity contribution in [1.29, 1.82) is 0 Å². The van der Waals surface area contributed by atoms with Gasteiger partial charge in [-0.15, -0.1) is 0 Å². The van der Waals surface area contributed by atoms with Crippen LogP contribution in [-0.2, 0) is 9.59 Å². The van der Waals surface area contributed by atoms with E-state index in [0.717, 1.165) is 32.4 Å². The third-order valence-electron chi connectivity index (χ3n) is 3.79. The lowest BCUT2D eigenvalue weighted by Crippen LogP contribution is -2.50. The van der Waals surface area contributed by atoms with Crippen LogP contribution in [0, 0.1) is 5.92 Å². The molecule has 1 fully saturated rings. The molecule has 6 nitrogen and oxygen atoms in total. The molecule has 0 saturated carbocycles. The molecule has 0 bridgehead atoms. The summed E-state index contributed by atoms with van der Waals surface area (Å²) in [6.07, 6.45) is 2.50. The number of hydrogen-bond acceptors (Lipinski definition) is 4. The number of piperidine rings is 1. The lowest BCUT2D eigenvalue weighted by molar-refractivity contribution is -0.143. The quantitative estimate of drug-likeness (QED) is 0.633. The van der Waals surface area contributed by atoms with Crippen LogP contribution < -0.4 is 11.1 Å². The first-order chi connectivity index (χ1) is 8.93. The minimum Gasteiger partial charge on any atom is -0.480 e. The lowest BCUT2D eigenvalue weighted by atomic mass is 9.99. The van der Waals surface area contributed by atoms with Crippen LogP contribution in [0.5, 0.6) is 0 Å². The zero-order valence-electron chi connectivity index (χ0n) is 11.8. The van der Waals surface area contributed by atoms with E-state index in [4.69, 9.17) is 10.8 Å². The number of carboxylic acid groups (broad SMARTS) is 1. The average Bonchev–Trinajstić information content (AvgIpc) is 2.37. The monoisotopic (exact) mass is 271 g/mol. The van der Waals surface area contributed by atoms with Gasteiger partial charge < -0.3 is 16.2 Å². The topological polar surface area (TPSA) is 95.7 Å². The highest BCUT2D eigenvalue weighted by atomic mass is 16.4. The van der Waals surface area contributed by atoms with E-state index in [0.29, 0.717) is 0 Å². The van der Waals surface area contributed by atoms with Gasteiger partial charge in [-0.1, -0.05) is 20.3 Å². The SMILES string of the molecule is CCC(C)C(NC(=O)CN1CCC(N)CC1)C(=O)O. The summed E-state index contributed by atoms with van der Waals surface area (Å²) < 4.78 is 0. The van der Waals surface area contributed by atoms with Gasteiger partial charge in [-0.2, -0.15) is 0 Å². The standard InChI is InChI=1S/C13H25N3O3/c1-3-9(2)12(13(18)19)15-11(17)8-16-6-4-10(14)5-7-16/h9-10,12H,3-8,14H2,1-2H3,(H,15,17)(H,18,19). The first-order valence-electron chi connectivity index (χ1n) is 6.94. The Hall–Kier alpha value is -1.14. The molecule has 1 rings (SSSR count). The van der Waals surface area contributed by atoms with E-state index in [1.54, 1.807) is 0 Å². The lowest BCUT2D eigenvalue weighted by Gasteiger charge is -2.30. The van der Waals surface area contributed by atoms with Crippen LogP contribution in [0.1, 0.15) is 33.1 Å². The maximum absolute atomic E-state index is 11.9. The van der Waals surface area contributed by atoms with E-state index in [1.165, 1.54) is 0 Å². The molecule has 4 N–H and O–H groups in total. The second-order valence-electron chi connectivity index (χ2n) is 5.38. The third-order valence-corrected chi connectivity index (χ3v) is 3.79. The summed E-state index contributed by atoms with van der Waals surface area (Å²) in [5, 5.41) is 11.7. The number of carbonyl (C=O) groups is 2. The molecule has 2 unspecified atom stereocenters. The van der Waals surface area contributed by atoms with E-state index >= 15 is 0 Å². The van der Waals surface area contributed by atoms with E-state index < -0.39 is 12.0 Å². The van der Waals surface area contributed by atoms with Gasteiger partial charge in [0, 0.05) is 19.1 Å². The van der Waals surface area contributed by atoms with Crippen molar-refractivity contribution in [3.05, 3.63) is 0 Å². The Morgan fingerprint density at radius 3 is 2.47 bits per heavy atom. The number of amides is 1. The van der Waals surface area contributed by atoms with Gasteiger partial charge in [-0.3, -0.25) is 9.69 Å². The Labute approximate surface area is 114 Å². The molecule has 0 aromatic carbocycles. The first-order valence-corrected chi connectivity index (χ1v) is 6.94. The fourth-order valence-corrected chi connectivity index (χ4v) is 2.22. The normalized spacial score (nSPS) is 20.8. The number of nitrogens with one attached hydrogen (secondary N) is 1. The van der Waals surface area contributed by atoms with Crippen molar-refractivity contribution >= 4 is 11.9 Å². The number of carbonyl (C=O) groups excluding carboxylic acids is 1. The van der Waals surface area contributed by atoms with E-state index in [9.17, 15) is 9.59 Å². The van der Waals surface area contributed by atoms with Gasteiger partial charge >= 0.3 is 5.97 Å². The van der Waals surface area contributed by atoms with Gasteiger partial charge in [0.1, 0.15) is 6.04 Å². The van der Waals surface area contributed by atoms with Crippen LogP contribution in [0.25, 0.3) is 0 Å². The van der Waals surface area contributed by atoms with Crippen molar-refractivity contribution in [3.63, 3.8) is 0 Å².